The van der Waals surface area contributed by atoms with Gasteiger partial charge < -0.3 is 19.7 Å². The van der Waals surface area contributed by atoms with Crippen LogP contribution in [0, 0.1) is 0 Å². The topological polar surface area (TPSA) is 58.9 Å². The standard InChI is InChI=1S/C8H16O4/c1-8(2)3-6(5-11-8)12-7(10)4-9/h6-7,9-10H,3-5H2,1-2H3. The van der Waals surface area contributed by atoms with Gasteiger partial charge in [0, 0.05) is 6.42 Å². The van der Waals surface area contributed by atoms with E-state index < -0.39 is 6.29 Å². The molecule has 0 aromatic rings. The summed E-state index contributed by atoms with van der Waals surface area (Å²) in [5.41, 5.74) is -0.167. The molecule has 0 radical (unpaired) electrons. The summed E-state index contributed by atoms with van der Waals surface area (Å²) in [5.74, 6) is 0. The molecule has 72 valence electrons. The van der Waals surface area contributed by atoms with Crippen LogP contribution in [-0.2, 0) is 9.47 Å². The van der Waals surface area contributed by atoms with Crippen LogP contribution < -0.4 is 0 Å². The van der Waals surface area contributed by atoms with Gasteiger partial charge in [0.1, 0.15) is 0 Å². The van der Waals surface area contributed by atoms with Gasteiger partial charge >= 0.3 is 0 Å². The van der Waals surface area contributed by atoms with Crippen molar-refractivity contribution in [3.8, 4) is 0 Å². The molecule has 0 aromatic heterocycles. The Labute approximate surface area is 72.1 Å². The number of ether oxygens (including phenoxy) is 2. The molecule has 1 saturated heterocycles. The Bertz CT molecular complexity index is 146. The summed E-state index contributed by atoms with van der Waals surface area (Å²) in [5, 5.41) is 17.5. The fourth-order valence-corrected chi connectivity index (χ4v) is 1.34. The van der Waals surface area contributed by atoms with E-state index in [4.69, 9.17) is 19.7 Å². The van der Waals surface area contributed by atoms with Gasteiger partial charge in [0.05, 0.1) is 24.9 Å². The number of hydrogen-bond donors (Lipinski definition) is 2. The highest BCUT2D eigenvalue weighted by atomic mass is 16.6. The first-order valence-corrected chi connectivity index (χ1v) is 4.12. The molecule has 1 aliphatic rings. The largest absolute Gasteiger partial charge is 0.391 e. The lowest BCUT2D eigenvalue weighted by atomic mass is 10.1. The molecule has 0 spiro atoms. The lowest BCUT2D eigenvalue weighted by Crippen LogP contribution is -2.26. The van der Waals surface area contributed by atoms with Crippen molar-refractivity contribution >= 4 is 0 Å². The van der Waals surface area contributed by atoms with E-state index in [2.05, 4.69) is 0 Å². The van der Waals surface area contributed by atoms with Gasteiger partial charge in [-0.3, -0.25) is 0 Å². The molecule has 2 N–H and O–H groups in total. The van der Waals surface area contributed by atoms with E-state index in [1.807, 2.05) is 13.8 Å². The molecule has 2 atom stereocenters. The maximum absolute atomic E-state index is 8.96. The first kappa shape index (κ1) is 9.92. The van der Waals surface area contributed by atoms with E-state index in [1.54, 1.807) is 0 Å². The van der Waals surface area contributed by atoms with Crippen LogP contribution in [0.25, 0.3) is 0 Å². The molecule has 4 heteroatoms. The fraction of sp³-hybridized carbons (Fsp3) is 1.00. The number of aliphatic hydroxyl groups is 2. The van der Waals surface area contributed by atoms with E-state index in [1.165, 1.54) is 0 Å². The smallest absolute Gasteiger partial charge is 0.178 e. The Hall–Kier alpha value is -0.160. The first-order chi connectivity index (χ1) is 5.53. The Morgan fingerprint density at radius 3 is 2.75 bits per heavy atom. The van der Waals surface area contributed by atoms with Gasteiger partial charge in [-0.05, 0) is 13.8 Å². The van der Waals surface area contributed by atoms with Crippen molar-refractivity contribution in [1.29, 1.82) is 0 Å². The molecule has 2 unspecified atom stereocenters. The van der Waals surface area contributed by atoms with Crippen molar-refractivity contribution in [3.05, 3.63) is 0 Å². The van der Waals surface area contributed by atoms with Gasteiger partial charge in [-0.2, -0.15) is 0 Å². The first-order valence-electron chi connectivity index (χ1n) is 4.12. The number of rotatable bonds is 3. The van der Waals surface area contributed by atoms with Crippen molar-refractivity contribution in [2.45, 2.75) is 38.3 Å². The quantitative estimate of drug-likeness (QED) is 0.589. The molecule has 0 aliphatic carbocycles. The fourth-order valence-electron chi connectivity index (χ4n) is 1.34. The summed E-state index contributed by atoms with van der Waals surface area (Å²) in [7, 11) is 0. The average molecular weight is 176 g/mol. The Morgan fingerprint density at radius 2 is 2.33 bits per heavy atom. The molecule has 0 aromatic carbocycles. The molecule has 0 amide bonds. The van der Waals surface area contributed by atoms with Crippen LogP contribution >= 0.6 is 0 Å². The molecule has 0 saturated carbocycles. The summed E-state index contributed by atoms with van der Waals surface area (Å²) in [6.07, 6.45) is -0.418. The second kappa shape index (κ2) is 3.70. The molecule has 1 aliphatic heterocycles. The van der Waals surface area contributed by atoms with Gasteiger partial charge in [0.15, 0.2) is 6.29 Å². The summed E-state index contributed by atoms with van der Waals surface area (Å²) in [6, 6.07) is 0. The van der Waals surface area contributed by atoms with Gasteiger partial charge in [-0.1, -0.05) is 0 Å². The third-order valence-electron chi connectivity index (χ3n) is 1.88. The summed E-state index contributed by atoms with van der Waals surface area (Å²) in [4.78, 5) is 0. The highest BCUT2D eigenvalue weighted by Gasteiger charge is 2.33. The maximum Gasteiger partial charge on any atom is 0.178 e. The minimum atomic E-state index is -1.08. The van der Waals surface area contributed by atoms with Crippen molar-refractivity contribution in [1.82, 2.24) is 0 Å². The molecule has 0 bridgehead atoms. The second-order valence-electron chi connectivity index (χ2n) is 3.67. The molecule has 1 rings (SSSR count). The monoisotopic (exact) mass is 176 g/mol. The molecular formula is C8H16O4. The predicted octanol–water partition coefficient (Wildman–Crippen LogP) is -0.119. The third kappa shape index (κ3) is 2.71. The normalized spacial score (nSPS) is 30.5. The van der Waals surface area contributed by atoms with Crippen LogP contribution in [0.3, 0.4) is 0 Å². The maximum atomic E-state index is 8.96. The second-order valence-corrected chi connectivity index (χ2v) is 3.67. The van der Waals surface area contributed by atoms with Crippen LogP contribution in [0.15, 0.2) is 0 Å². The van der Waals surface area contributed by atoms with Gasteiger partial charge in [-0.25, -0.2) is 0 Å². The van der Waals surface area contributed by atoms with Crippen molar-refractivity contribution < 1.29 is 19.7 Å². The molecule has 1 fully saturated rings. The van der Waals surface area contributed by atoms with E-state index >= 15 is 0 Å². The Balaban J connectivity index is 2.28. The lowest BCUT2D eigenvalue weighted by molar-refractivity contribution is -0.154. The Morgan fingerprint density at radius 1 is 1.67 bits per heavy atom. The minimum Gasteiger partial charge on any atom is -0.391 e. The molecule has 12 heavy (non-hydrogen) atoms. The minimum absolute atomic E-state index is 0.0952. The molecule has 1 heterocycles. The van der Waals surface area contributed by atoms with Crippen molar-refractivity contribution in [3.63, 3.8) is 0 Å². The predicted molar refractivity (Wildman–Crippen MR) is 42.6 cm³/mol. The zero-order valence-electron chi connectivity index (χ0n) is 7.49. The SMILES string of the molecule is CC1(C)CC(OC(O)CO)CO1. The van der Waals surface area contributed by atoms with Crippen molar-refractivity contribution in [2.24, 2.45) is 0 Å². The third-order valence-corrected chi connectivity index (χ3v) is 1.88. The van der Waals surface area contributed by atoms with Crippen LogP contribution in [0.5, 0.6) is 0 Å². The lowest BCUT2D eigenvalue weighted by Gasteiger charge is -2.16. The highest BCUT2D eigenvalue weighted by molar-refractivity contribution is 4.81. The van der Waals surface area contributed by atoms with E-state index in [0.717, 1.165) is 6.42 Å². The summed E-state index contributed by atoms with van der Waals surface area (Å²) >= 11 is 0. The van der Waals surface area contributed by atoms with E-state index in [-0.39, 0.29) is 18.3 Å². The van der Waals surface area contributed by atoms with Gasteiger partial charge in [-0.15, -0.1) is 0 Å². The molecule has 4 nitrogen and oxygen atoms in total. The number of aliphatic hydroxyl groups excluding tert-OH is 2. The van der Waals surface area contributed by atoms with Crippen LogP contribution in [0.1, 0.15) is 20.3 Å². The van der Waals surface area contributed by atoms with E-state index in [0.29, 0.717) is 6.61 Å². The Kier molecular flexibility index (Phi) is 3.06. The van der Waals surface area contributed by atoms with Crippen LogP contribution in [0.4, 0.5) is 0 Å². The number of hydrogen-bond acceptors (Lipinski definition) is 4. The van der Waals surface area contributed by atoms with E-state index in [9.17, 15) is 0 Å². The summed E-state index contributed by atoms with van der Waals surface area (Å²) in [6.45, 7) is 4.07. The zero-order valence-corrected chi connectivity index (χ0v) is 7.49. The highest BCUT2D eigenvalue weighted by Crippen LogP contribution is 2.26. The average Bonchev–Trinajstić information content (AvgIpc) is 2.30. The van der Waals surface area contributed by atoms with Gasteiger partial charge in [0.2, 0.25) is 0 Å². The van der Waals surface area contributed by atoms with Gasteiger partial charge in [0.25, 0.3) is 0 Å². The molecular weight excluding hydrogens is 160 g/mol. The van der Waals surface area contributed by atoms with Crippen LogP contribution in [-0.4, -0.2) is 41.4 Å². The zero-order chi connectivity index (χ0) is 9.19. The van der Waals surface area contributed by atoms with Crippen molar-refractivity contribution in [2.75, 3.05) is 13.2 Å². The van der Waals surface area contributed by atoms with Crippen LogP contribution in [0.2, 0.25) is 0 Å². The summed E-state index contributed by atoms with van der Waals surface area (Å²) < 4.78 is 10.5.